The summed E-state index contributed by atoms with van der Waals surface area (Å²) in [4.78, 5) is 13.3. The average molecular weight is 279 g/mol. The molecule has 0 aliphatic carbocycles. The Bertz CT molecular complexity index is 406. The molecule has 0 atom stereocenters. The molecule has 0 amide bonds. The minimum absolute atomic E-state index is 0.129. The number of carbonyl (C=O) groups excluding carboxylic acids is 1. The predicted octanol–water partition coefficient (Wildman–Crippen LogP) is 2.65. The summed E-state index contributed by atoms with van der Waals surface area (Å²) in [6.45, 7) is 6.65. The molecule has 0 spiro atoms. The summed E-state index contributed by atoms with van der Waals surface area (Å²) in [6, 6.07) is 8.05. The molecule has 4 nitrogen and oxygen atoms in total. The van der Waals surface area contributed by atoms with Gasteiger partial charge in [0.05, 0.1) is 19.6 Å². The molecule has 0 aliphatic rings. The molecular formula is C16H25NO3. The summed E-state index contributed by atoms with van der Waals surface area (Å²) in [5.41, 5.74) is 1.20. The van der Waals surface area contributed by atoms with Gasteiger partial charge in [-0.2, -0.15) is 0 Å². The molecule has 0 saturated carbocycles. The van der Waals surface area contributed by atoms with Crippen molar-refractivity contribution in [3.05, 3.63) is 29.8 Å². The lowest BCUT2D eigenvalue weighted by Crippen LogP contribution is -2.24. The van der Waals surface area contributed by atoms with Crippen molar-refractivity contribution in [3.63, 3.8) is 0 Å². The van der Waals surface area contributed by atoms with Crippen molar-refractivity contribution >= 4 is 5.97 Å². The molecule has 0 fully saturated rings. The van der Waals surface area contributed by atoms with Gasteiger partial charge in [-0.1, -0.05) is 12.1 Å². The van der Waals surface area contributed by atoms with Crippen LogP contribution in [0.3, 0.4) is 0 Å². The number of benzene rings is 1. The standard InChI is InChI=1S/C16H25NO3/c1-4-19-16(18)9-11-17(3)10-6-12-20-15-8-5-7-14(2)13-15/h5,7-8,13H,4,6,9-12H2,1-3H3. The highest BCUT2D eigenvalue weighted by Crippen LogP contribution is 2.12. The molecule has 1 rings (SSSR count). The normalized spacial score (nSPS) is 10.6. The van der Waals surface area contributed by atoms with Gasteiger partial charge in [0.15, 0.2) is 0 Å². The second kappa shape index (κ2) is 9.37. The first-order valence-electron chi connectivity index (χ1n) is 7.15. The van der Waals surface area contributed by atoms with Gasteiger partial charge in [0.1, 0.15) is 5.75 Å². The lowest BCUT2D eigenvalue weighted by molar-refractivity contribution is -0.143. The highest BCUT2D eigenvalue weighted by Gasteiger charge is 2.04. The first-order chi connectivity index (χ1) is 9.61. The second-order valence-corrected chi connectivity index (χ2v) is 4.88. The number of hydrogen-bond donors (Lipinski definition) is 0. The zero-order chi connectivity index (χ0) is 14.8. The largest absolute Gasteiger partial charge is 0.494 e. The summed E-state index contributed by atoms with van der Waals surface area (Å²) in [6.07, 6.45) is 1.39. The zero-order valence-electron chi connectivity index (χ0n) is 12.7. The monoisotopic (exact) mass is 279 g/mol. The van der Waals surface area contributed by atoms with E-state index in [4.69, 9.17) is 9.47 Å². The third kappa shape index (κ3) is 7.14. The first kappa shape index (κ1) is 16.5. The van der Waals surface area contributed by atoms with Crippen LogP contribution in [-0.4, -0.2) is 44.2 Å². The topological polar surface area (TPSA) is 38.8 Å². The summed E-state index contributed by atoms with van der Waals surface area (Å²) < 4.78 is 10.6. The van der Waals surface area contributed by atoms with E-state index in [2.05, 4.69) is 17.9 Å². The third-order valence-electron chi connectivity index (χ3n) is 2.95. The minimum atomic E-state index is -0.129. The maximum atomic E-state index is 11.2. The van der Waals surface area contributed by atoms with Crippen LogP contribution in [-0.2, 0) is 9.53 Å². The molecule has 0 radical (unpaired) electrons. The van der Waals surface area contributed by atoms with Crippen molar-refractivity contribution in [2.24, 2.45) is 0 Å². The van der Waals surface area contributed by atoms with E-state index in [1.54, 1.807) is 0 Å². The van der Waals surface area contributed by atoms with Gasteiger partial charge < -0.3 is 14.4 Å². The molecule has 112 valence electrons. The van der Waals surface area contributed by atoms with E-state index < -0.39 is 0 Å². The minimum Gasteiger partial charge on any atom is -0.494 e. The second-order valence-electron chi connectivity index (χ2n) is 4.88. The van der Waals surface area contributed by atoms with Gasteiger partial charge in [-0.25, -0.2) is 0 Å². The highest BCUT2D eigenvalue weighted by atomic mass is 16.5. The van der Waals surface area contributed by atoms with Gasteiger partial charge in [-0.15, -0.1) is 0 Å². The molecule has 0 unspecified atom stereocenters. The smallest absolute Gasteiger partial charge is 0.307 e. The van der Waals surface area contributed by atoms with Crippen LogP contribution in [0.15, 0.2) is 24.3 Å². The number of nitrogens with zero attached hydrogens (tertiary/aromatic N) is 1. The fraction of sp³-hybridized carbons (Fsp3) is 0.562. The van der Waals surface area contributed by atoms with Crippen LogP contribution < -0.4 is 4.74 Å². The number of hydrogen-bond acceptors (Lipinski definition) is 4. The lowest BCUT2D eigenvalue weighted by atomic mass is 10.2. The number of aryl methyl sites for hydroxylation is 1. The molecular weight excluding hydrogens is 254 g/mol. The quantitative estimate of drug-likeness (QED) is 0.514. The molecule has 0 heterocycles. The van der Waals surface area contributed by atoms with Crippen LogP contribution in [0.5, 0.6) is 5.75 Å². The Hall–Kier alpha value is -1.55. The summed E-state index contributed by atoms with van der Waals surface area (Å²) in [5, 5.41) is 0. The Kier molecular flexibility index (Phi) is 7.73. The zero-order valence-corrected chi connectivity index (χ0v) is 12.7. The Balaban J connectivity index is 2.10. The van der Waals surface area contributed by atoms with Crippen LogP contribution >= 0.6 is 0 Å². The van der Waals surface area contributed by atoms with Gasteiger partial charge >= 0.3 is 5.97 Å². The average Bonchev–Trinajstić information content (AvgIpc) is 2.42. The number of rotatable bonds is 9. The van der Waals surface area contributed by atoms with Crippen LogP contribution in [0.4, 0.5) is 0 Å². The van der Waals surface area contributed by atoms with Gasteiger partial charge in [0, 0.05) is 13.1 Å². The van der Waals surface area contributed by atoms with E-state index in [-0.39, 0.29) is 5.97 Å². The summed E-state index contributed by atoms with van der Waals surface area (Å²) >= 11 is 0. The lowest BCUT2D eigenvalue weighted by Gasteiger charge is -2.16. The predicted molar refractivity (Wildman–Crippen MR) is 80.0 cm³/mol. The van der Waals surface area contributed by atoms with Crippen LogP contribution in [0.2, 0.25) is 0 Å². The molecule has 1 aromatic rings. The Morgan fingerprint density at radius 1 is 1.30 bits per heavy atom. The fourth-order valence-electron chi connectivity index (χ4n) is 1.86. The summed E-state index contributed by atoms with van der Waals surface area (Å²) in [7, 11) is 2.01. The third-order valence-corrected chi connectivity index (χ3v) is 2.95. The van der Waals surface area contributed by atoms with Crippen molar-refractivity contribution in [3.8, 4) is 5.75 Å². The highest BCUT2D eigenvalue weighted by molar-refractivity contribution is 5.69. The SMILES string of the molecule is CCOC(=O)CCN(C)CCCOc1cccc(C)c1. The van der Waals surface area contributed by atoms with E-state index >= 15 is 0 Å². The molecule has 0 N–H and O–H groups in total. The van der Waals surface area contributed by atoms with E-state index in [0.717, 1.165) is 25.3 Å². The molecule has 4 heteroatoms. The van der Waals surface area contributed by atoms with Crippen molar-refractivity contribution in [2.45, 2.75) is 26.7 Å². The Labute approximate surface area is 121 Å². The summed E-state index contributed by atoms with van der Waals surface area (Å²) in [5.74, 6) is 0.787. The molecule has 0 bridgehead atoms. The molecule has 0 saturated heterocycles. The van der Waals surface area contributed by atoms with Crippen molar-refractivity contribution < 1.29 is 14.3 Å². The maximum absolute atomic E-state index is 11.2. The number of ether oxygens (including phenoxy) is 2. The molecule has 20 heavy (non-hydrogen) atoms. The molecule has 0 aromatic heterocycles. The first-order valence-corrected chi connectivity index (χ1v) is 7.15. The number of carbonyl (C=O) groups is 1. The molecule has 1 aromatic carbocycles. The van der Waals surface area contributed by atoms with Gasteiger partial charge in [-0.05, 0) is 45.0 Å². The van der Waals surface area contributed by atoms with Gasteiger partial charge in [0.2, 0.25) is 0 Å². The van der Waals surface area contributed by atoms with E-state index in [1.165, 1.54) is 5.56 Å². The van der Waals surface area contributed by atoms with Crippen molar-refractivity contribution in [1.29, 1.82) is 0 Å². The van der Waals surface area contributed by atoms with Crippen LogP contribution in [0.25, 0.3) is 0 Å². The number of esters is 1. The van der Waals surface area contributed by atoms with Crippen molar-refractivity contribution in [1.82, 2.24) is 4.90 Å². The van der Waals surface area contributed by atoms with Crippen LogP contribution in [0.1, 0.15) is 25.3 Å². The van der Waals surface area contributed by atoms with Crippen LogP contribution in [0, 0.1) is 6.92 Å². The van der Waals surface area contributed by atoms with Gasteiger partial charge in [0.25, 0.3) is 0 Å². The Morgan fingerprint density at radius 3 is 2.80 bits per heavy atom. The van der Waals surface area contributed by atoms with E-state index in [0.29, 0.717) is 19.6 Å². The maximum Gasteiger partial charge on any atom is 0.307 e. The van der Waals surface area contributed by atoms with Crippen molar-refractivity contribution in [2.75, 3.05) is 33.4 Å². The Morgan fingerprint density at radius 2 is 2.10 bits per heavy atom. The van der Waals surface area contributed by atoms with Gasteiger partial charge in [-0.3, -0.25) is 4.79 Å². The fourth-order valence-corrected chi connectivity index (χ4v) is 1.86. The van der Waals surface area contributed by atoms with E-state index in [1.807, 2.05) is 32.2 Å². The van der Waals surface area contributed by atoms with E-state index in [9.17, 15) is 4.79 Å². The molecule has 0 aliphatic heterocycles.